The fourth-order valence-corrected chi connectivity index (χ4v) is 11.3. The van der Waals surface area contributed by atoms with E-state index < -0.39 is 97.5 Å². The first-order valence-corrected chi connectivity index (χ1v) is 37.3. The quantitative estimate of drug-likeness (QED) is 0.0222. The van der Waals surface area contributed by atoms with E-state index in [1.807, 2.05) is 0 Å². The molecule has 19 heteroatoms. The second kappa shape index (κ2) is 56.1. The number of ether oxygens (including phenoxy) is 4. The molecule has 0 aromatic heterocycles. The third-order valence-corrected chi connectivity index (χ3v) is 18.1. The number of aliphatic hydroxyl groups is 1. The number of rotatable bonds is 63. The summed E-state index contributed by atoms with van der Waals surface area (Å²) in [7, 11) is -9.89. The summed E-state index contributed by atoms with van der Waals surface area (Å²) < 4.78 is 68.1. The predicted molar refractivity (Wildman–Crippen MR) is 340 cm³/mol. The zero-order chi connectivity index (χ0) is 63.2. The van der Waals surface area contributed by atoms with Crippen LogP contribution in [0.5, 0.6) is 0 Å². The van der Waals surface area contributed by atoms with Gasteiger partial charge in [-0.3, -0.25) is 37.3 Å². The topological polar surface area (TPSA) is 237 Å². The smallest absolute Gasteiger partial charge is 0.462 e. The van der Waals surface area contributed by atoms with Crippen LogP contribution >= 0.6 is 15.6 Å². The molecule has 5 unspecified atom stereocenters. The average Bonchev–Trinajstić information content (AvgIpc) is 3.57. The summed E-state index contributed by atoms with van der Waals surface area (Å²) in [6.07, 6.45) is 36.3. The van der Waals surface area contributed by atoms with E-state index in [1.165, 1.54) is 109 Å². The standard InChI is InChI=1S/C66H128O17P2/c1-9-57(6)43-35-27-20-23-30-38-46-63(68)76-52-61(82-65(70)48-40-32-19-17-15-13-12-14-16-18-26-34-42-56(4)5)54-80-84(72,73)78-50-60(67)51-79-85(74,75)81-55-62(83-66(71)49-41-33-25-22-29-37-45-59(8)11-3)53-77-64(69)47-39-31-24-21-28-36-44-58(7)10-2/h56-62,67H,9-55H2,1-8H3,(H,72,73)(H,74,75)/t57?,58?,59?,60-,61+,62+/m0/s1. The van der Waals surface area contributed by atoms with Gasteiger partial charge in [0.1, 0.15) is 19.3 Å². The van der Waals surface area contributed by atoms with Gasteiger partial charge in [-0.2, -0.15) is 0 Å². The highest BCUT2D eigenvalue weighted by atomic mass is 31.2. The zero-order valence-electron chi connectivity index (χ0n) is 55.2. The van der Waals surface area contributed by atoms with E-state index in [9.17, 15) is 43.2 Å². The van der Waals surface area contributed by atoms with Crippen molar-refractivity contribution < 1.29 is 80.2 Å². The highest BCUT2D eigenvalue weighted by Gasteiger charge is 2.30. The fraction of sp³-hybridized carbons (Fsp3) is 0.939. The van der Waals surface area contributed by atoms with Crippen LogP contribution in [0.1, 0.15) is 319 Å². The van der Waals surface area contributed by atoms with Crippen LogP contribution in [-0.4, -0.2) is 96.7 Å². The van der Waals surface area contributed by atoms with Crippen LogP contribution in [0.15, 0.2) is 0 Å². The first-order chi connectivity index (χ1) is 40.7. The SMILES string of the molecule is CCC(C)CCCCCCCCC(=O)OC[C@H](COP(=O)(O)OC[C@H](O)COP(=O)(O)OC[C@@H](COC(=O)CCCCCCCCC(C)CC)OC(=O)CCCCCCCCC(C)CC)OC(=O)CCCCCCCCCCCCCCC(C)C. The van der Waals surface area contributed by atoms with Crippen molar-refractivity contribution in [2.45, 2.75) is 337 Å². The first-order valence-electron chi connectivity index (χ1n) is 34.3. The number of esters is 4. The summed E-state index contributed by atoms with van der Waals surface area (Å²) in [6, 6.07) is 0. The summed E-state index contributed by atoms with van der Waals surface area (Å²) in [4.78, 5) is 72.3. The molecule has 0 aromatic rings. The van der Waals surface area contributed by atoms with Gasteiger partial charge in [0.05, 0.1) is 26.4 Å². The molecule has 0 bridgehead atoms. The Kier molecular flexibility index (Phi) is 54.8. The molecular formula is C66H128O17P2. The number of aliphatic hydroxyl groups excluding tert-OH is 1. The number of hydrogen-bond acceptors (Lipinski definition) is 15. The lowest BCUT2D eigenvalue weighted by Crippen LogP contribution is -2.30. The molecule has 17 nitrogen and oxygen atoms in total. The summed E-state index contributed by atoms with van der Waals surface area (Å²) in [5.41, 5.74) is 0. The molecule has 3 N–H and O–H groups in total. The second-order valence-electron chi connectivity index (χ2n) is 25.1. The summed E-state index contributed by atoms with van der Waals surface area (Å²) in [5.74, 6) is 0.819. The second-order valence-corrected chi connectivity index (χ2v) is 28.0. The van der Waals surface area contributed by atoms with Gasteiger partial charge < -0.3 is 33.8 Å². The molecule has 0 aliphatic rings. The molecule has 85 heavy (non-hydrogen) atoms. The lowest BCUT2D eigenvalue weighted by molar-refractivity contribution is -0.161. The molecule has 0 spiro atoms. The number of unbranched alkanes of at least 4 members (excludes halogenated alkanes) is 26. The number of carbonyl (C=O) groups excluding carboxylic acids is 4. The third kappa shape index (κ3) is 57.0. The van der Waals surface area contributed by atoms with Gasteiger partial charge in [-0.25, -0.2) is 9.13 Å². The lowest BCUT2D eigenvalue weighted by atomic mass is 10.00. The minimum Gasteiger partial charge on any atom is -0.462 e. The van der Waals surface area contributed by atoms with E-state index in [2.05, 4.69) is 55.4 Å². The Morgan fingerprint density at radius 3 is 0.835 bits per heavy atom. The van der Waals surface area contributed by atoms with Crippen LogP contribution in [0.2, 0.25) is 0 Å². The van der Waals surface area contributed by atoms with Gasteiger partial charge in [-0.1, -0.05) is 267 Å². The Morgan fingerprint density at radius 1 is 0.329 bits per heavy atom. The summed E-state index contributed by atoms with van der Waals surface area (Å²) in [6.45, 7) is 14.0. The van der Waals surface area contributed by atoms with Gasteiger partial charge in [0.15, 0.2) is 12.2 Å². The monoisotopic (exact) mass is 1250 g/mol. The predicted octanol–water partition coefficient (Wildman–Crippen LogP) is 18.1. The molecule has 0 radical (unpaired) electrons. The van der Waals surface area contributed by atoms with Crippen molar-refractivity contribution >= 4 is 39.5 Å². The van der Waals surface area contributed by atoms with Gasteiger partial charge in [-0.15, -0.1) is 0 Å². The van der Waals surface area contributed by atoms with Gasteiger partial charge in [0.2, 0.25) is 0 Å². The van der Waals surface area contributed by atoms with Gasteiger partial charge in [-0.05, 0) is 49.4 Å². The summed E-state index contributed by atoms with van der Waals surface area (Å²) >= 11 is 0. The van der Waals surface area contributed by atoms with Gasteiger partial charge in [0, 0.05) is 25.7 Å². The van der Waals surface area contributed by atoms with Crippen molar-refractivity contribution in [3.63, 3.8) is 0 Å². The van der Waals surface area contributed by atoms with Crippen LogP contribution < -0.4 is 0 Å². The number of hydrogen-bond donors (Lipinski definition) is 3. The van der Waals surface area contributed by atoms with Crippen molar-refractivity contribution in [3.8, 4) is 0 Å². The maximum absolute atomic E-state index is 13.0. The first kappa shape index (κ1) is 83.1. The minimum absolute atomic E-state index is 0.101. The molecule has 0 aromatic carbocycles. The zero-order valence-corrected chi connectivity index (χ0v) is 57.0. The van der Waals surface area contributed by atoms with E-state index in [0.717, 1.165) is 126 Å². The van der Waals surface area contributed by atoms with Crippen molar-refractivity contribution in [2.75, 3.05) is 39.6 Å². The Bertz CT molecular complexity index is 1700. The molecule has 0 amide bonds. The molecule has 0 rings (SSSR count). The maximum Gasteiger partial charge on any atom is 0.472 e. The minimum atomic E-state index is -4.95. The molecule has 0 saturated carbocycles. The van der Waals surface area contributed by atoms with Gasteiger partial charge >= 0.3 is 39.5 Å². The van der Waals surface area contributed by atoms with Crippen molar-refractivity contribution in [3.05, 3.63) is 0 Å². The van der Waals surface area contributed by atoms with Crippen LogP contribution in [0.4, 0.5) is 0 Å². The highest BCUT2D eigenvalue weighted by molar-refractivity contribution is 7.47. The average molecular weight is 1260 g/mol. The van der Waals surface area contributed by atoms with E-state index in [0.29, 0.717) is 25.7 Å². The molecule has 504 valence electrons. The Hall–Kier alpha value is -1.94. The maximum atomic E-state index is 13.0. The molecular weight excluding hydrogens is 1130 g/mol. The van der Waals surface area contributed by atoms with E-state index >= 15 is 0 Å². The largest absolute Gasteiger partial charge is 0.472 e. The van der Waals surface area contributed by atoms with Gasteiger partial charge in [0.25, 0.3) is 0 Å². The van der Waals surface area contributed by atoms with Crippen molar-refractivity contribution in [1.82, 2.24) is 0 Å². The van der Waals surface area contributed by atoms with Crippen molar-refractivity contribution in [2.24, 2.45) is 23.7 Å². The Labute approximate surface area is 517 Å². The molecule has 0 saturated heterocycles. The van der Waals surface area contributed by atoms with Crippen LogP contribution in [0, 0.1) is 23.7 Å². The van der Waals surface area contributed by atoms with Crippen LogP contribution in [-0.2, 0) is 65.4 Å². The lowest BCUT2D eigenvalue weighted by Gasteiger charge is -2.21. The number of carbonyl (C=O) groups is 4. The van der Waals surface area contributed by atoms with Crippen LogP contribution in [0.25, 0.3) is 0 Å². The van der Waals surface area contributed by atoms with E-state index in [1.54, 1.807) is 0 Å². The summed E-state index contributed by atoms with van der Waals surface area (Å²) in [5, 5.41) is 10.5. The normalized spacial score (nSPS) is 15.3. The number of phosphoric ester groups is 2. The molecule has 0 fully saturated rings. The Balaban J connectivity index is 5.26. The third-order valence-electron chi connectivity index (χ3n) is 16.2. The highest BCUT2D eigenvalue weighted by Crippen LogP contribution is 2.45. The van der Waals surface area contributed by atoms with E-state index in [-0.39, 0.29) is 25.7 Å². The molecule has 8 atom stereocenters. The molecule has 0 heterocycles. The number of phosphoric acid groups is 2. The molecule has 0 aliphatic carbocycles. The van der Waals surface area contributed by atoms with E-state index in [4.69, 9.17) is 37.0 Å². The Morgan fingerprint density at radius 2 is 0.565 bits per heavy atom. The molecule has 0 aliphatic heterocycles. The van der Waals surface area contributed by atoms with Crippen molar-refractivity contribution in [1.29, 1.82) is 0 Å². The van der Waals surface area contributed by atoms with Crippen LogP contribution in [0.3, 0.4) is 0 Å². The fourth-order valence-electron chi connectivity index (χ4n) is 9.69.